The lowest BCUT2D eigenvalue weighted by Gasteiger charge is -2.24. The second kappa shape index (κ2) is 10.6. The maximum Gasteiger partial charge on any atom is 0.338 e. The van der Waals surface area contributed by atoms with Gasteiger partial charge in [-0.3, -0.25) is 14.2 Å². The Kier molecular flexibility index (Phi) is 6.87. The van der Waals surface area contributed by atoms with Gasteiger partial charge in [0.05, 0.1) is 33.8 Å². The van der Waals surface area contributed by atoms with Crippen LogP contribution in [0.15, 0.2) is 98.6 Å². The topological polar surface area (TPSA) is 93.3 Å². The van der Waals surface area contributed by atoms with E-state index in [1.807, 2.05) is 78.2 Å². The van der Waals surface area contributed by atoms with E-state index in [1.54, 1.807) is 24.5 Å². The van der Waals surface area contributed by atoms with E-state index in [-0.39, 0.29) is 18.1 Å². The predicted molar refractivity (Wildman–Crippen MR) is 157 cm³/mol. The number of amides is 1. The molecule has 0 unspecified atom stereocenters. The van der Waals surface area contributed by atoms with Crippen LogP contribution in [0.2, 0.25) is 0 Å². The van der Waals surface area contributed by atoms with E-state index in [1.165, 1.54) is 27.7 Å². The van der Waals surface area contributed by atoms with Crippen molar-refractivity contribution in [2.45, 2.75) is 19.9 Å². The molecule has 8 nitrogen and oxygen atoms in total. The van der Waals surface area contributed by atoms with Gasteiger partial charge in [-0.05, 0) is 43.5 Å². The molecule has 200 valence electrons. The van der Waals surface area contributed by atoms with Crippen LogP contribution in [0.5, 0.6) is 0 Å². The van der Waals surface area contributed by atoms with Gasteiger partial charge in [-0.25, -0.2) is 9.79 Å². The number of rotatable bonds is 6. The van der Waals surface area contributed by atoms with Crippen molar-refractivity contribution in [1.29, 1.82) is 0 Å². The van der Waals surface area contributed by atoms with Gasteiger partial charge in [-0.2, -0.15) is 10.1 Å². The van der Waals surface area contributed by atoms with Crippen LogP contribution < -0.4 is 19.9 Å². The fourth-order valence-electron chi connectivity index (χ4n) is 4.85. The first kappa shape index (κ1) is 25.8. The lowest BCUT2D eigenvalue weighted by Crippen LogP contribution is -2.40. The molecule has 4 heterocycles. The summed E-state index contributed by atoms with van der Waals surface area (Å²) in [6.45, 7) is 3.71. The Bertz CT molecular complexity index is 1840. The number of ether oxygens (including phenoxy) is 1. The highest BCUT2D eigenvalue weighted by atomic mass is 32.1. The smallest absolute Gasteiger partial charge is 0.338 e. The highest BCUT2D eigenvalue weighted by molar-refractivity contribution is 7.10. The van der Waals surface area contributed by atoms with Crippen LogP contribution in [0, 0.1) is 5.92 Å². The second-order valence-electron chi connectivity index (χ2n) is 9.17. The molecule has 0 fully saturated rings. The summed E-state index contributed by atoms with van der Waals surface area (Å²) >= 11 is 2.65. The third kappa shape index (κ3) is 4.44. The summed E-state index contributed by atoms with van der Waals surface area (Å²) in [7, 11) is 0. The fourth-order valence-corrected chi connectivity index (χ4v) is 6.68. The van der Waals surface area contributed by atoms with Gasteiger partial charge in [0, 0.05) is 10.4 Å². The van der Waals surface area contributed by atoms with Crippen LogP contribution >= 0.6 is 22.7 Å². The molecule has 0 saturated heterocycles. The van der Waals surface area contributed by atoms with Crippen molar-refractivity contribution in [2.24, 2.45) is 16.0 Å². The number of hydrogen-bond acceptors (Lipinski definition) is 8. The van der Waals surface area contributed by atoms with Gasteiger partial charge in [-0.1, -0.05) is 65.9 Å². The Morgan fingerprint density at radius 1 is 1.02 bits per heavy atom. The molecule has 2 aliphatic rings. The molecular weight excluding hydrogens is 544 g/mol. The van der Waals surface area contributed by atoms with Gasteiger partial charge in [0.15, 0.2) is 4.80 Å². The highest BCUT2D eigenvalue weighted by Crippen LogP contribution is 2.37. The second-order valence-corrected chi connectivity index (χ2v) is 11.2. The molecule has 0 radical (unpaired) electrons. The first-order chi connectivity index (χ1) is 19.5. The molecule has 0 aliphatic carbocycles. The van der Waals surface area contributed by atoms with Gasteiger partial charge >= 0.3 is 5.97 Å². The van der Waals surface area contributed by atoms with Crippen molar-refractivity contribution in [1.82, 2.24) is 4.57 Å². The number of benzene rings is 2. The van der Waals surface area contributed by atoms with Gasteiger partial charge in [0.1, 0.15) is 12.0 Å². The number of anilines is 1. The minimum absolute atomic E-state index is 0.187. The number of thiazole rings is 1. The molecule has 0 N–H and O–H groups in total. The molecule has 1 amide bonds. The molecule has 2 aromatic heterocycles. The van der Waals surface area contributed by atoms with Crippen molar-refractivity contribution >= 4 is 57.7 Å². The number of thiophene rings is 1. The van der Waals surface area contributed by atoms with E-state index in [0.717, 1.165) is 10.4 Å². The fraction of sp³-hybridized carbons (Fsp3) is 0.167. The van der Waals surface area contributed by atoms with Crippen LogP contribution in [0.25, 0.3) is 11.8 Å². The summed E-state index contributed by atoms with van der Waals surface area (Å²) in [5, 5.41) is 7.74. The Balaban J connectivity index is 1.53. The SMILES string of the molecule is CCOC(=O)C1=C(c2ccccc2)N=c2s/c(=C/[C@H]3C(=O)N(c4ccccc4)N=C3C)c(=O)n2[C@@H]1c1cccs1. The number of hydrazone groups is 1. The van der Waals surface area contributed by atoms with Crippen molar-refractivity contribution < 1.29 is 14.3 Å². The zero-order valence-corrected chi connectivity index (χ0v) is 23.3. The van der Waals surface area contributed by atoms with Gasteiger partial charge < -0.3 is 4.74 Å². The van der Waals surface area contributed by atoms with E-state index in [4.69, 9.17) is 9.73 Å². The molecule has 2 aliphatic heterocycles. The van der Waals surface area contributed by atoms with Crippen LogP contribution in [0.4, 0.5) is 5.69 Å². The maximum atomic E-state index is 14.0. The molecule has 0 spiro atoms. The van der Waals surface area contributed by atoms with Crippen molar-refractivity contribution in [3.05, 3.63) is 114 Å². The van der Waals surface area contributed by atoms with Crippen LogP contribution in [-0.2, 0) is 14.3 Å². The monoisotopic (exact) mass is 568 g/mol. The van der Waals surface area contributed by atoms with Crippen LogP contribution in [0.3, 0.4) is 0 Å². The zero-order chi connectivity index (χ0) is 27.8. The number of hydrogen-bond donors (Lipinski definition) is 0. The van der Waals surface area contributed by atoms with Gasteiger partial charge in [-0.15, -0.1) is 11.3 Å². The number of aromatic nitrogens is 1. The van der Waals surface area contributed by atoms with Gasteiger partial charge in [0.2, 0.25) is 0 Å². The Morgan fingerprint density at radius 2 is 1.75 bits per heavy atom. The summed E-state index contributed by atoms with van der Waals surface area (Å²) in [6.07, 6.45) is 1.66. The number of carbonyl (C=O) groups excluding carboxylic acids is 2. The summed E-state index contributed by atoms with van der Waals surface area (Å²) in [5.41, 5.74) is 2.45. The Morgan fingerprint density at radius 3 is 2.42 bits per heavy atom. The van der Waals surface area contributed by atoms with Crippen LogP contribution in [0.1, 0.15) is 30.3 Å². The lowest BCUT2D eigenvalue weighted by molar-refractivity contribution is -0.138. The van der Waals surface area contributed by atoms with Gasteiger partial charge in [0.25, 0.3) is 11.5 Å². The van der Waals surface area contributed by atoms with Crippen LogP contribution in [-0.4, -0.2) is 28.8 Å². The quantitative estimate of drug-likeness (QED) is 0.329. The average Bonchev–Trinajstić information content (AvgIpc) is 3.69. The summed E-state index contributed by atoms with van der Waals surface area (Å²) in [4.78, 5) is 46.9. The number of nitrogens with zero attached hydrogens (tertiary/aromatic N) is 4. The maximum absolute atomic E-state index is 14.0. The third-order valence-electron chi connectivity index (χ3n) is 6.69. The largest absolute Gasteiger partial charge is 0.463 e. The molecule has 4 aromatic rings. The molecule has 6 rings (SSSR count). The third-order valence-corrected chi connectivity index (χ3v) is 8.61. The van der Waals surface area contributed by atoms with E-state index < -0.39 is 17.9 Å². The number of carbonyl (C=O) groups is 2. The summed E-state index contributed by atoms with van der Waals surface area (Å²) < 4.78 is 7.38. The van der Waals surface area contributed by atoms with E-state index in [9.17, 15) is 14.4 Å². The minimum atomic E-state index is -0.720. The van der Waals surface area contributed by atoms with E-state index >= 15 is 0 Å². The number of para-hydroxylation sites is 1. The molecule has 2 aromatic carbocycles. The molecular formula is C30H24N4O4S2. The normalized spacial score (nSPS) is 18.9. The minimum Gasteiger partial charge on any atom is -0.463 e. The summed E-state index contributed by atoms with van der Waals surface area (Å²) in [5.74, 6) is -1.45. The highest BCUT2D eigenvalue weighted by Gasteiger charge is 2.37. The predicted octanol–water partition coefficient (Wildman–Crippen LogP) is 3.99. The molecule has 0 saturated carbocycles. The Hall–Kier alpha value is -4.41. The summed E-state index contributed by atoms with van der Waals surface area (Å²) in [6, 6.07) is 21.7. The van der Waals surface area contributed by atoms with E-state index in [2.05, 4.69) is 5.10 Å². The number of esters is 1. The molecule has 40 heavy (non-hydrogen) atoms. The average molecular weight is 569 g/mol. The van der Waals surface area contributed by atoms with E-state index in [0.29, 0.717) is 32.0 Å². The standard InChI is InChI=1S/C30H24N4O4S2/c1-3-38-29(37)24-25(19-11-6-4-7-12-19)31-30-33(26(24)22-15-10-16-39-22)28(36)23(40-30)17-21-18(2)32-34(27(21)35)20-13-8-5-9-14-20/h4-17,21,26H,3H2,1-2H3/b23-17+/t21-,26-/m1/s1. The first-order valence-corrected chi connectivity index (χ1v) is 14.4. The van der Waals surface area contributed by atoms with Crippen molar-refractivity contribution in [3.8, 4) is 0 Å². The van der Waals surface area contributed by atoms with Crippen molar-refractivity contribution in [2.75, 3.05) is 11.6 Å². The lowest BCUT2D eigenvalue weighted by atomic mass is 9.97. The molecule has 2 atom stereocenters. The number of fused-ring (bicyclic) bond motifs is 1. The first-order valence-electron chi connectivity index (χ1n) is 12.7. The molecule has 10 heteroatoms. The molecule has 0 bridgehead atoms. The van der Waals surface area contributed by atoms with Crippen molar-refractivity contribution in [3.63, 3.8) is 0 Å². The zero-order valence-electron chi connectivity index (χ0n) is 21.7. The Labute approximate surface area is 237 Å².